The first kappa shape index (κ1) is 27.3. The number of fused-ring (bicyclic) bond motifs is 1. The Balaban J connectivity index is 1.28. The third-order valence-electron chi connectivity index (χ3n) is 7.17. The van der Waals surface area contributed by atoms with Gasteiger partial charge in [-0.3, -0.25) is 9.59 Å². The maximum absolute atomic E-state index is 13.5. The van der Waals surface area contributed by atoms with Crippen molar-refractivity contribution in [3.8, 4) is 0 Å². The summed E-state index contributed by atoms with van der Waals surface area (Å²) in [6.45, 7) is 0.348. The number of carbonyl (C=O) groups excluding carboxylic acids is 2. The molecule has 0 unspecified atom stereocenters. The van der Waals surface area contributed by atoms with Crippen molar-refractivity contribution in [2.24, 2.45) is 5.73 Å². The van der Waals surface area contributed by atoms with Gasteiger partial charge in [0.1, 0.15) is 5.00 Å². The van der Waals surface area contributed by atoms with Gasteiger partial charge in [0.2, 0.25) is 0 Å². The van der Waals surface area contributed by atoms with Crippen LogP contribution in [0.4, 0.5) is 10.7 Å². The van der Waals surface area contributed by atoms with E-state index in [-0.39, 0.29) is 17.4 Å². The highest BCUT2D eigenvalue weighted by Gasteiger charge is 2.27. The van der Waals surface area contributed by atoms with Gasteiger partial charge >= 0.3 is 5.97 Å². The van der Waals surface area contributed by atoms with E-state index in [4.69, 9.17) is 10.8 Å². The number of nitrogens with two attached hydrogens (primary N) is 1. The molecule has 0 spiro atoms. The number of hydrogen-bond acceptors (Lipinski definition) is 5. The lowest BCUT2D eigenvalue weighted by Crippen LogP contribution is -2.18. The topological polar surface area (TPSA) is 122 Å². The molecule has 1 aliphatic carbocycles. The van der Waals surface area contributed by atoms with E-state index in [2.05, 4.69) is 10.6 Å². The molecule has 4 aromatic rings. The lowest BCUT2D eigenvalue weighted by molar-refractivity contribution is 0.0696. The van der Waals surface area contributed by atoms with Crippen molar-refractivity contribution in [3.63, 3.8) is 0 Å². The number of carbonyl (C=O) groups is 3. The molecule has 204 valence electrons. The third kappa shape index (κ3) is 6.30. The molecule has 1 aliphatic rings. The van der Waals surface area contributed by atoms with Gasteiger partial charge in [-0.1, -0.05) is 36.4 Å². The second-order valence-corrected chi connectivity index (χ2v) is 11.0. The van der Waals surface area contributed by atoms with E-state index in [0.717, 1.165) is 65.7 Å². The average molecular weight is 554 g/mol. The molecule has 0 aliphatic heterocycles. The molecule has 0 fully saturated rings. The number of aromatic carboxylic acids is 1. The summed E-state index contributed by atoms with van der Waals surface area (Å²) in [5, 5.41) is 15.7. The Morgan fingerprint density at radius 3 is 2.12 bits per heavy atom. The van der Waals surface area contributed by atoms with Crippen LogP contribution in [0.1, 0.15) is 71.0 Å². The van der Waals surface area contributed by atoms with E-state index in [9.17, 15) is 14.4 Å². The first-order valence-corrected chi connectivity index (χ1v) is 14.2. The molecule has 1 heterocycles. The smallest absolute Gasteiger partial charge is 0.335 e. The van der Waals surface area contributed by atoms with Crippen molar-refractivity contribution in [2.75, 3.05) is 10.6 Å². The van der Waals surface area contributed by atoms with Gasteiger partial charge in [-0.2, -0.15) is 0 Å². The molecule has 40 heavy (non-hydrogen) atoms. The summed E-state index contributed by atoms with van der Waals surface area (Å²) in [4.78, 5) is 38.8. The molecule has 2 amide bonds. The number of nitrogens with one attached hydrogen (secondary N) is 2. The maximum atomic E-state index is 13.5. The Morgan fingerprint density at radius 2 is 1.45 bits per heavy atom. The molecule has 5 N–H and O–H groups in total. The number of carboxylic acid groups (broad SMARTS) is 1. The Morgan fingerprint density at radius 1 is 0.775 bits per heavy atom. The number of hydrogen-bond donors (Lipinski definition) is 4. The zero-order valence-corrected chi connectivity index (χ0v) is 22.9. The number of carboxylic acids is 1. The molecule has 0 atom stereocenters. The quantitative estimate of drug-likeness (QED) is 0.200. The van der Waals surface area contributed by atoms with Crippen molar-refractivity contribution in [1.82, 2.24) is 0 Å². The van der Waals surface area contributed by atoms with Gasteiger partial charge in [-0.15, -0.1) is 11.3 Å². The summed E-state index contributed by atoms with van der Waals surface area (Å²) in [5.74, 6) is -1.42. The summed E-state index contributed by atoms with van der Waals surface area (Å²) in [5.41, 5.74) is 11.8. The minimum atomic E-state index is -0.932. The number of aryl methyl sites for hydroxylation is 3. The zero-order valence-electron chi connectivity index (χ0n) is 22.0. The van der Waals surface area contributed by atoms with Gasteiger partial charge in [0, 0.05) is 22.7 Å². The van der Waals surface area contributed by atoms with Crippen molar-refractivity contribution in [1.29, 1.82) is 0 Å². The standard InChI is InChI=1S/C32H31N3O4S/c33-19-22-4-3-5-24(18-22)29(36)35-31-28(26-6-1-2-7-27(26)40-31)30(37)34-25-16-12-21(13-17-25)9-8-20-10-14-23(15-11-20)32(38)39/h3-5,10-18H,1-2,6-9,19,33H2,(H,34,37)(H,35,36)(H,38,39). The van der Waals surface area contributed by atoms with E-state index in [1.165, 1.54) is 11.3 Å². The predicted octanol–water partition coefficient (Wildman–Crippen LogP) is 6.07. The normalized spacial score (nSPS) is 12.4. The van der Waals surface area contributed by atoms with Crippen molar-refractivity contribution in [2.45, 2.75) is 45.1 Å². The number of benzene rings is 3. The Hall–Kier alpha value is -4.27. The second-order valence-electron chi connectivity index (χ2n) is 9.93. The minimum Gasteiger partial charge on any atom is -0.478 e. The van der Waals surface area contributed by atoms with Crippen LogP contribution in [0.25, 0.3) is 0 Å². The fourth-order valence-electron chi connectivity index (χ4n) is 4.96. The van der Waals surface area contributed by atoms with Crippen LogP contribution < -0.4 is 16.4 Å². The first-order valence-electron chi connectivity index (χ1n) is 13.4. The number of anilines is 2. The highest BCUT2D eigenvalue weighted by atomic mass is 32.1. The van der Waals surface area contributed by atoms with Crippen LogP contribution >= 0.6 is 11.3 Å². The Kier molecular flexibility index (Phi) is 8.38. The second kappa shape index (κ2) is 12.3. The van der Waals surface area contributed by atoms with Crippen LogP contribution in [0.2, 0.25) is 0 Å². The van der Waals surface area contributed by atoms with Gasteiger partial charge < -0.3 is 21.5 Å². The van der Waals surface area contributed by atoms with Crippen molar-refractivity contribution >= 4 is 39.8 Å². The Labute approximate surface area is 237 Å². The predicted molar refractivity (Wildman–Crippen MR) is 158 cm³/mol. The van der Waals surface area contributed by atoms with Crippen molar-refractivity contribution < 1.29 is 19.5 Å². The fourth-order valence-corrected chi connectivity index (χ4v) is 6.24. The van der Waals surface area contributed by atoms with Crippen LogP contribution in [0.15, 0.2) is 72.8 Å². The van der Waals surface area contributed by atoms with E-state index < -0.39 is 5.97 Å². The Bertz CT molecular complexity index is 1540. The van der Waals surface area contributed by atoms with Crippen LogP contribution in [0.3, 0.4) is 0 Å². The molecule has 1 aromatic heterocycles. The highest BCUT2D eigenvalue weighted by Crippen LogP contribution is 2.39. The SMILES string of the molecule is NCc1cccc(C(=O)Nc2sc3c(c2C(=O)Nc2ccc(CCc4ccc(C(=O)O)cc4)cc2)CCCC3)c1. The van der Waals surface area contributed by atoms with Gasteiger partial charge in [-0.25, -0.2) is 4.79 Å². The van der Waals surface area contributed by atoms with Crippen molar-refractivity contribution in [3.05, 3.63) is 117 Å². The maximum Gasteiger partial charge on any atom is 0.335 e. The van der Waals surface area contributed by atoms with E-state index >= 15 is 0 Å². The van der Waals surface area contributed by atoms with Crippen LogP contribution in [-0.2, 0) is 32.2 Å². The zero-order chi connectivity index (χ0) is 28.1. The molecule has 0 saturated heterocycles. The van der Waals surface area contributed by atoms with Gasteiger partial charge in [0.05, 0.1) is 11.1 Å². The number of amides is 2. The molecule has 7 nitrogen and oxygen atoms in total. The number of thiophene rings is 1. The monoisotopic (exact) mass is 553 g/mol. The molecule has 0 bridgehead atoms. The fraction of sp³-hybridized carbons (Fsp3) is 0.219. The highest BCUT2D eigenvalue weighted by molar-refractivity contribution is 7.17. The molecular weight excluding hydrogens is 522 g/mol. The summed E-state index contributed by atoms with van der Waals surface area (Å²) in [6.07, 6.45) is 5.39. The summed E-state index contributed by atoms with van der Waals surface area (Å²) >= 11 is 1.49. The van der Waals surface area contributed by atoms with E-state index in [1.54, 1.807) is 24.3 Å². The van der Waals surface area contributed by atoms with Gasteiger partial charge in [-0.05, 0) is 97.2 Å². The van der Waals surface area contributed by atoms with E-state index in [0.29, 0.717) is 28.4 Å². The lowest BCUT2D eigenvalue weighted by Gasteiger charge is -2.14. The number of rotatable bonds is 9. The van der Waals surface area contributed by atoms with Gasteiger partial charge in [0.15, 0.2) is 0 Å². The van der Waals surface area contributed by atoms with Gasteiger partial charge in [0.25, 0.3) is 11.8 Å². The molecule has 3 aromatic carbocycles. The summed E-state index contributed by atoms with van der Waals surface area (Å²) in [7, 11) is 0. The molecule has 5 rings (SSSR count). The molecular formula is C32H31N3O4S. The molecule has 0 radical (unpaired) electrons. The summed E-state index contributed by atoms with van der Waals surface area (Å²) in [6, 6.07) is 21.9. The van der Waals surface area contributed by atoms with Crippen LogP contribution in [0.5, 0.6) is 0 Å². The lowest BCUT2D eigenvalue weighted by atomic mass is 9.95. The first-order chi connectivity index (χ1) is 19.4. The van der Waals surface area contributed by atoms with Crippen LogP contribution in [-0.4, -0.2) is 22.9 Å². The average Bonchev–Trinajstić information content (AvgIpc) is 3.35. The van der Waals surface area contributed by atoms with Crippen LogP contribution in [0, 0.1) is 0 Å². The largest absolute Gasteiger partial charge is 0.478 e. The molecule has 8 heteroatoms. The third-order valence-corrected chi connectivity index (χ3v) is 8.37. The van der Waals surface area contributed by atoms with E-state index in [1.807, 2.05) is 48.5 Å². The molecule has 0 saturated carbocycles. The summed E-state index contributed by atoms with van der Waals surface area (Å²) < 4.78 is 0. The minimum absolute atomic E-state index is 0.225.